The first-order valence-corrected chi connectivity index (χ1v) is 5.28. The van der Waals surface area contributed by atoms with Gasteiger partial charge in [0.15, 0.2) is 0 Å². The molecular weight excluding hydrogens is 279 g/mol. The maximum atomic E-state index is 10.7. The standard InChI is InChI=1S/C10H9IO2/c11-9-4-7(6-1-2-6)3-8(5-9)10(12)13/h3-6H,1-2H2,(H,12,13). The molecule has 0 saturated heterocycles. The molecule has 0 amide bonds. The van der Waals surface area contributed by atoms with Crippen LogP contribution in [0.2, 0.25) is 0 Å². The predicted molar refractivity (Wildman–Crippen MR) is 58.1 cm³/mol. The molecule has 0 atom stereocenters. The van der Waals surface area contributed by atoms with E-state index < -0.39 is 5.97 Å². The zero-order valence-corrected chi connectivity index (χ0v) is 9.11. The molecule has 13 heavy (non-hydrogen) atoms. The molecular formula is C10H9IO2. The van der Waals surface area contributed by atoms with Crippen molar-refractivity contribution >= 4 is 28.6 Å². The average Bonchev–Trinajstić information content (AvgIpc) is 2.85. The molecule has 2 nitrogen and oxygen atoms in total. The van der Waals surface area contributed by atoms with Crippen LogP contribution in [-0.2, 0) is 0 Å². The predicted octanol–water partition coefficient (Wildman–Crippen LogP) is 2.87. The summed E-state index contributed by atoms with van der Waals surface area (Å²) >= 11 is 2.16. The molecule has 0 radical (unpaired) electrons. The maximum Gasteiger partial charge on any atom is 0.335 e. The van der Waals surface area contributed by atoms with E-state index in [0.717, 1.165) is 3.57 Å². The van der Waals surface area contributed by atoms with Crippen LogP contribution in [0, 0.1) is 3.57 Å². The Morgan fingerprint density at radius 3 is 2.62 bits per heavy atom. The van der Waals surface area contributed by atoms with Gasteiger partial charge in [-0.25, -0.2) is 4.79 Å². The van der Waals surface area contributed by atoms with Crippen LogP contribution < -0.4 is 0 Å². The van der Waals surface area contributed by atoms with E-state index in [0.29, 0.717) is 11.5 Å². The fraction of sp³-hybridized carbons (Fsp3) is 0.300. The van der Waals surface area contributed by atoms with Crippen LogP contribution >= 0.6 is 22.6 Å². The van der Waals surface area contributed by atoms with Gasteiger partial charge in [-0.3, -0.25) is 0 Å². The third kappa shape index (κ3) is 2.02. The first-order chi connectivity index (χ1) is 6.16. The van der Waals surface area contributed by atoms with E-state index >= 15 is 0 Å². The molecule has 68 valence electrons. The Hall–Kier alpha value is -0.580. The van der Waals surface area contributed by atoms with Gasteiger partial charge in [-0.05, 0) is 65.1 Å². The number of hydrogen-bond donors (Lipinski definition) is 1. The first kappa shape index (κ1) is 8.99. The van der Waals surface area contributed by atoms with Gasteiger partial charge in [0.1, 0.15) is 0 Å². The molecule has 1 aliphatic rings. The van der Waals surface area contributed by atoms with Crippen LogP contribution in [0.1, 0.15) is 34.7 Å². The van der Waals surface area contributed by atoms with E-state index in [4.69, 9.17) is 5.11 Å². The van der Waals surface area contributed by atoms with E-state index in [1.807, 2.05) is 0 Å². The summed E-state index contributed by atoms with van der Waals surface area (Å²) in [4.78, 5) is 10.7. The molecule has 0 heterocycles. The highest BCUT2D eigenvalue weighted by atomic mass is 127. The summed E-state index contributed by atoms with van der Waals surface area (Å²) in [7, 11) is 0. The van der Waals surface area contributed by atoms with Gasteiger partial charge in [0.05, 0.1) is 5.56 Å². The summed E-state index contributed by atoms with van der Waals surface area (Å²) < 4.78 is 1.01. The lowest BCUT2D eigenvalue weighted by molar-refractivity contribution is 0.0696. The third-order valence-electron chi connectivity index (χ3n) is 2.22. The molecule has 1 aliphatic carbocycles. The van der Waals surface area contributed by atoms with Gasteiger partial charge in [-0.15, -0.1) is 0 Å². The molecule has 1 aromatic rings. The van der Waals surface area contributed by atoms with E-state index in [1.165, 1.54) is 18.4 Å². The quantitative estimate of drug-likeness (QED) is 0.850. The second kappa shape index (κ2) is 3.29. The number of carbonyl (C=O) groups is 1. The van der Waals surface area contributed by atoms with Gasteiger partial charge < -0.3 is 5.11 Å². The van der Waals surface area contributed by atoms with Crippen molar-refractivity contribution in [1.82, 2.24) is 0 Å². The summed E-state index contributed by atoms with van der Waals surface area (Å²) in [6, 6.07) is 5.57. The first-order valence-electron chi connectivity index (χ1n) is 4.20. The molecule has 0 unspecified atom stereocenters. The van der Waals surface area contributed by atoms with Crippen molar-refractivity contribution in [2.75, 3.05) is 0 Å². The van der Waals surface area contributed by atoms with Crippen LogP contribution in [0.5, 0.6) is 0 Å². The average molecular weight is 288 g/mol. The fourth-order valence-corrected chi connectivity index (χ4v) is 2.08. The Kier molecular flexibility index (Phi) is 2.27. The van der Waals surface area contributed by atoms with Gasteiger partial charge in [0.2, 0.25) is 0 Å². The summed E-state index contributed by atoms with van der Waals surface area (Å²) in [6.07, 6.45) is 2.41. The van der Waals surface area contributed by atoms with Crippen molar-refractivity contribution < 1.29 is 9.90 Å². The van der Waals surface area contributed by atoms with E-state index in [-0.39, 0.29) is 0 Å². The van der Waals surface area contributed by atoms with Crippen LogP contribution in [0.4, 0.5) is 0 Å². The Bertz CT molecular complexity index is 356. The summed E-state index contributed by atoms with van der Waals surface area (Å²) in [6.45, 7) is 0. The lowest BCUT2D eigenvalue weighted by atomic mass is 10.1. The van der Waals surface area contributed by atoms with E-state index in [2.05, 4.69) is 28.7 Å². The van der Waals surface area contributed by atoms with Gasteiger partial charge in [0, 0.05) is 3.57 Å². The lowest BCUT2D eigenvalue weighted by Gasteiger charge is -2.01. The topological polar surface area (TPSA) is 37.3 Å². The Labute approximate surface area is 90.1 Å². The van der Waals surface area contributed by atoms with E-state index in [9.17, 15) is 4.79 Å². The monoisotopic (exact) mass is 288 g/mol. The van der Waals surface area contributed by atoms with Crippen LogP contribution in [0.25, 0.3) is 0 Å². The van der Waals surface area contributed by atoms with Crippen molar-refractivity contribution in [2.24, 2.45) is 0 Å². The summed E-state index contributed by atoms with van der Waals surface area (Å²) in [5.41, 5.74) is 1.60. The number of halogens is 1. The minimum atomic E-state index is -0.833. The fourth-order valence-electron chi connectivity index (χ4n) is 1.39. The minimum absolute atomic E-state index is 0.411. The van der Waals surface area contributed by atoms with Gasteiger partial charge >= 0.3 is 5.97 Å². The van der Waals surface area contributed by atoms with E-state index in [1.54, 1.807) is 12.1 Å². The summed E-state index contributed by atoms with van der Waals surface area (Å²) in [5, 5.41) is 8.83. The number of aromatic carboxylic acids is 1. The number of rotatable bonds is 2. The smallest absolute Gasteiger partial charge is 0.335 e. The van der Waals surface area contributed by atoms with Crippen LogP contribution in [0.3, 0.4) is 0 Å². The Morgan fingerprint density at radius 2 is 2.08 bits per heavy atom. The number of carboxylic acid groups (broad SMARTS) is 1. The highest BCUT2D eigenvalue weighted by Gasteiger charge is 2.24. The molecule has 0 aliphatic heterocycles. The third-order valence-corrected chi connectivity index (χ3v) is 2.84. The molecule has 0 spiro atoms. The van der Waals surface area contributed by atoms with Crippen molar-refractivity contribution in [3.8, 4) is 0 Å². The van der Waals surface area contributed by atoms with Crippen LogP contribution in [0.15, 0.2) is 18.2 Å². The minimum Gasteiger partial charge on any atom is -0.478 e. The Balaban J connectivity index is 2.41. The van der Waals surface area contributed by atoms with Crippen molar-refractivity contribution in [3.05, 3.63) is 32.9 Å². The highest BCUT2D eigenvalue weighted by Crippen LogP contribution is 2.40. The van der Waals surface area contributed by atoms with Crippen molar-refractivity contribution in [1.29, 1.82) is 0 Å². The molecule has 3 heteroatoms. The molecule has 1 saturated carbocycles. The highest BCUT2D eigenvalue weighted by molar-refractivity contribution is 14.1. The summed E-state index contributed by atoms with van der Waals surface area (Å²) in [5.74, 6) is -0.215. The normalized spacial score (nSPS) is 15.8. The zero-order chi connectivity index (χ0) is 9.42. The van der Waals surface area contributed by atoms with Crippen molar-refractivity contribution in [2.45, 2.75) is 18.8 Å². The molecule has 1 fully saturated rings. The van der Waals surface area contributed by atoms with Gasteiger partial charge in [0.25, 0.3) is 0 Å². The Morgan fingerprint density at radius 1 is 1.38 bits per heavy atom. The molecule has 1 N–H and O–H groups in total. The molecule has 2 rings (SSSR count). The lowest BCUT2D eigenvalue weighted by Crippen LogP contribution is -1.98. The zero-order valence-electron chi connectivity index (χ0n) is 6.96. The number of carboxylic acids is 1. The number of benzene rings is 1. The molecule has 0 aromatic heterocycles. The maximum absolute atomic E-state index is 10.7. The largest absolute Gasteiger partial charge is 0.478 e. The van der Waals surface area contributed by atoms with Crippen LogP contribution in [-0.4, -0.2) is 11.1 Å². The second-order valence-corrected chi connectivity index (χ2v) is 4.60. The molecule has 1 aromatic carbocycles. The van der Waals surface area contributed by atoms with Gasteiger partial charge in [-0.2, -0.15) is 0 Å². The SMILES string of the molecule is O=C(O)c1cc(I)cc(C2CC2)c1. The number of hydrogen-bond acceptors (Lipinski definition) is 1. The second-order valence-electron chi connectivity index (χ2n) is 3.35. The van der Waals surface area contributed by atoms with Gasteiger partial charge in [-0.1, -0.05) is 0 Å². The van der Waals surface area contributed by atoms with Crippen molar-refractivity contribution in [3.63, 3.8) is 0 Å². The molecule has 0 bridgehead atoms.